The molecule has 0 radical (unpaired) electrons. The molecule has 0 unspecified atom stereocenters. The molecule has 116 valence electrons. The maximum atomic E-state index is 9.17. The van der Waals surface area contributed by atoms with Gasteiger partial charge in [0.15, 0.2) is 6.20 Å². The van der Waals surface area contributed by atoms with Crippen molar-refractivity contribution in [2.45, 2.75) is 13.8 Å². The Morgan fingerprint density at radius 2 is 1.83 bits per heavy atom. The van der Waals surface area contributed by atoms with Gasteiger partial charge in [-0.25, -0.2) is 4.57 Å². The Labute approximate surface area is 140 Å². The third-order valence-corrected chi connectivity index (χ3v) is 4.58. The average Bonchev–Trinajstić information content (AvgIpc) is 2.92. The van der Waals surface area contributed by atoms with Crippen LogP contribution >= 0.6 is 0 Å². The van der Waals surface area contributed by atoms with E-state index in [1.807, 2.05) is 25.1 Å². The standard InChI is InChI=1S/C21H17N2O/c1-13-9-19-17(11-16(13)18-6-4-5-7-23(18)3)21-14(2)8-15(12-22)10-20(21)24-19/h4-11H,1-3H3/q+1. The maximum absolute atomic E-state index is 9.17. The summed E-state index contributed by atoms with van der Waals surface area (Å²) in [6.45, 7) is 4.13. The molecule has 0 bridgehead atoms. The highest BCUT2D eigenvalue weighted by molar-refractivity contribution is 6.08. The first-order valence-electron chi connectivity index (χ1n) is 7.91. The summed E-state index contributed by atoms with van der Waals surface area (Å²) >= 11 is 0. The number of aromatic nitrogens is 1. The smallest absolute Gasteiger partial charge is 0.212 e. The van der Waals surface area contributed by atoms with Gasteiger partial charge in [-0.3, -0.25) is 0 Å². The molecule has 0 saturated carbocycles. The molecule has 3 heteroatoms. The highest BCUT2D eigenvalue weighted by Crippen LogP contribution is 2.35. The summed E-state index contributed by atoms with van der Waals surface area (Å²) in [4.78, 5) is 0. The molecule has 0 aliphatic rings. The Bertz CT molecular complexity index is 1150. The van der Waals surface area contributed by atoms with E-state index >= 15 is 0 Å². The highest BCUT2D eigenvalue weighted by atomic mass is 16.3. The van der Waals surface area contributed by atoms with Crippen LogP contribution in [0.5, 0.6) is 0 Å². The number of fused-ring (bicyclic) bond motifs is 3. The summed E-state index contributed by atoms with van der Waals surface area (Å²) < 4.78 is 8.14. The van der Waals surface area contributed by atoms with Crippen LogP contribution in [0.2, 0.25) is 0 Å². The van der Waals surface area contributed by atoms with Crippen molar-refractivity contribution in [3.63, 3.8) is 0 Å². The molecule has 0 saturated heterocycles. The van der Waals surface area contributed by atoms with Crippen molar-refractivity contribution in [2.24, 2.45) is 7.05 Å². The summed E-state index contributed by atoms with van der Waals surface area (Å²) in [7, 11) is 2.05. The molecule has 2 aromatic heterocycles. The fourth-order valence-electron chi connectivity index (χ4n) is 3.40. The van der Waals surface area contributed by atoms with Crippen LogP contribution in [0.15, 0.2) is 53.1 Å². The minimum atomic E-state index is 0.630. The van der Waals surface area contributed by atoms with Gasteiger partial charge in [0.2, 0.25) is 5.69 Å². The Morgan fingerprint density at radius 1 is 1.00 bits per heavy atom. The zero-order valence-corrected chi connectivity index (χ0v) is 13.9. The van der Waals surface area contributed by atoms with Crippen molar-refractivity contribution in [2.75, 3.05) is 0 Å². The predicted molar refractivity (Wildman–Crippen MR) is 94.5 cm³/mol. The fraction of sp³-hybridized carbons (Fsp3) is 0.143. The zero-order valence-electron chi connectivity index (χ0n) is 13.9. The lowest BCUT2D eigenvalue weighted by Crippen LogP contribution is -2.30. The second kappa shape index (κ2) is 5.21. The summed E-state index contributed by atoms with van der Waals surface area (Å²) in [6, 6.07) is 16.4. The van der Waals surface area contributed by atoms with Gasteiger partial charge in [0, 0.05) is 28.5 Å². The van der Waals surface area contributed by atoms with Crippen molar-refractivity contribution < 1.29 is 8.98 Å². The van der Waals surface area contributed by atoms with Crippen LogP contribution in [-0.2, 0) is 7.05 Å². The van der Waals surface area contributed by atoms with E-state index in [1.54, 1.807) is 0 Å². The molecule has 3 nitrogen and oxygen atoms in total. The molecule has 0 spiro atoms. The fourth-order valence-corrected chi connectivity index (χ4v) is 3.40. The van der Waals surface area contributed by atoms with Crippen molar-refractivity contribution in [1.29, 1.82) is 5.26 Å². The number of hydrogen-bond acceptors (Lipinski definition) is 2. The normalized spacial score (nSPS) is 11.1. The number of rotatable bonds is 1. The van der Waals surface area contributed by atoms with E-state index in [0.717, 1.165) is 33.2 Å². The minimum absolute atomic E-state index is 0.630. The van der Waals surface area contributed by atoms with E-state index in [9.17, 15) is 0 Å². The maximum Gasteiger partial charge on any atom is 0.212 e. The van der Waals surface area contributed by atoms with E-state index in [2.05, 4.69) is 55.1 Å². The number of nitriles is 1. The van der Waals surface area contributed by atoms with Gasteiger partial charge < -0.3 is 4.42 Å². The number of benzene rings is 2. The molecular formula is C21H17N2O+. The Balaban J connectivity index is 2.09. The second-order valence-corrected chi connectivity index (χ2v) is 6.24. The van der Waals surface area contributed by atoms with Crippen LogP contribution in [-0.4, -0.2) is 0 Å². The largest absolute Gasteiger partial charge is 0.456 e. The van der Waals surface area contributed by atoms with E-state index in [1.165, 1.54) is 11.1 Å². The van der Waals surface area contributed by atoms with E-state index in [0.29, 0.717) is 5.56 Å². The van der Waals surface area contributed by atoms with Crippen molar-refractivity contribution in [1.82, 2.24) is 0 Å². The van der Waals surface area contributed by atoms with Crippen LogP contribution in [0.3, 0.4) is 0 Å². The molecular weight excluding hydrogens is 296 g/mol. The lowest BCUT2D eigenvalue weighted by atomic mass is 9.99. The third-order valence-electron chi connectivity index (χ3n) is 4.58. The van der Waals surface area contributed by atoms with Gasteiger partial charge in [0.1, 0.15) is 18.2 Å². The van der Waals surface area contributed by atoms with Gasteiger partial charge in [-0.1, -0.05) is 0 Å². The van der Waals surface area contributed by atoms with Gasteiger partial charge in [0.05, 0.1) is 11.6 Å². The summed E-state index contributed by atoms with van der Waals surface area (Å²) in [5.74, 6) is 0. The van der Waals surface area contributed by atoms with Gasteiger partial charge in [-0.15, -0.1) is 0 Å². The number of furan rings is 1. The molecule has 4 rings (SSSR count). The highest BCUT2D eigenvalue weighted by Gasteiger charge is 2.17. The first-order valence-corrected chi connectivity index (χ1v) is 7.91. The number of aryl methyl sites for hydroxylation is 3. The number of hydrogen-bond donors (Lipinski definition) is 0. The van der Waals surface area contributed by atoms with Gasteiger partial charge in [-0.05, 0) is 55.3 Å². The molecule has 0 atom stereocenters. The quantitative estimate of drug-likeness (QED) is 0.483. The molecule has 0 N–H and O–H groups in total. The lowest BCUT2D eigenvalue weighted by molar-refractivity contribution is -0.660. The molecule has 0 aliphatic carbocycles. The first-order chi connectivity index (χ1) is 11.6. The average molecular weight is 313 g/mol. The first kappa shape index (κ1) is 14.5. The molecule has 0 amide bonds. The molecule has 2 heterocycles. The summed E-state index contributed by atoms with van der Waals surface area (Å²) in [5.41, 5.74) is 6.86. The molecule has 4 aromatic rings. The summed E-state index contributed by atoms with van der Waals surface area (Å²) in [6.07, 6.45) is 2.05. The predicted octanol–water partition coefficient (Wildman–Crippen LogP) is 4.57. The monoisotopic (exact) mass is 313 g/mol. The third kappa shape index (κ3) is 2.08. The molecule has 2 aromatic carbocycles. The lowest BCUT2D eigenvalue weighted by Gasteiger charge is -2.05. The topological polar surface area (TPSA) is 40.8 Å². The van der Waals surface area contributed by atoms with Crippen molar-refractivity contribution in [3.8, 4) is 17.3 Å². The van der Waals surface area contributed by atoms with Crippen LogP contribution in [0.4, 0.5) is 0 Å². The Kier molecular flexibility index (Phi) is 3.14. The van der Waals surface area contributed by atoms with Gasteiger partial charge in [-0.2, -0.15) is 5.26 Å². The number of pyridine rings is 1. The summed E-state index contributed by atoms with van der Waals surface area (Å²) in [5, 5.41) is 11.4. The van der Waals surface area contributed by atoms with Crippen LogP contribution in [0, 0.1) is 25.2 Å². The minimum Gasteiger partial charge on any atom is -0.456 e. The van der Waals surface area contributed by atoms with Gasteiger partial charge >= 0.3 is 0 Å². The van der Waals surface area contributed by atoms with Crippen LogP contribution in [0.25, 0.3) is 33.2 Å². The van der Waals surface area contributed by atoms with E-state index < -0.39 is 0 Å². The van der Waals surface area contributed by atoms with E-state index in [-0.39, 0.29) is 0 Å². The molecule has 0 aliphatic heterocycles. The van der Waals surface area contributed by atoms with Gasteiger partial charge in [0.25, 0.3) is 0 Å². The number of nitrogens with zero attached hydrogens (tertiary/aromatic N) is 2. The van der Waals surface area contributed by atoms with Crippen LogP contribution in [0.1, 0.15) is 16.7 Å². The Morgan fingerprint density at radius 3 is 2.58 bits per heavy atom. The second-order valence-electron chi connectivity index (χ2n) is 6.24. The molecule has 0 fully saturated rings. The Hall–Kier alpha value is -3.12. The van der Waals surface area contributed by atoms with E-state index in [4.69, 9.17) is 9.68 Å². The zero-order chi connectivity index (χ0) is 16.8. The van der Waals surface area contributed by atoms with Crippen molar-refractivity contribution >= 4 is 21.9 Å². The van der Waals surface area contributed by atoms with Crippen molar-refractivity contribution in [3.05, 3.63) is 65.4 Å². The SMILES string of the molecule is Cc1cc2oc3cc(C#N)cc(C)c3c2cc1-c1cccc[n+]1C. The molecule has 24 heavy (non-hydrogen) atoms. The van der Waals surface area contributed by atoms with Crippen LogP contribution < -0.4 is 4.57 Å².